The van der Waals surface area contributed by atoms with E-state index in [4.69, 9.17) is 4.42 Å². The first-order valence-corrected chi connectivity index (χ1v) is 7.98. The van der Waals surface area contributed by atoms with Crippen LogP contribution in [0.15, 0.2) is 4.42 Å². The fraction of sp³-hybridized carbons (Fsp3) is 0.562. The van der Waals surface area contributed by atoms with Gasteiger partial charge >= 0.3 is 0 Å². The minimum absolute atomic E-state index is 0.0176. The molecule has 1 atom stereocenters. The van der Waals surface area contributed by atoms with E-state index in [9.17, 15) is 9.59 Å². The van der Waals surface area contributed by atoms with Gasteiger partial charge in [-0.2, -0.15) is 5.10 Å². The highest BCUT2D eigenvalue weighted by molar-refractivity contribution is 5.96. The molecule has 0 bridgehead atoms. The van der Waals surface area contributed by atoms with E-state index in [0.29, 0.717) is 29.5 Å². The summed E-state index contributed by atoms with van der Waals surface area (Å²) in [7, 11) is 0. The summed E-state index contributed by atoms with van der Waals surface area (Å²) in [5.74, 6) is 0.775. The second kappa shape index (κ2) is 7.37. The number of nitrogens with zero attached hydrogens (tertiary/aromatic N) is 4. The summed E-state index contributed by atoms with van der Waals surface area (Å²) in [4.78, 5) is 23.8. The molecule has 0 aliphatic heterocycles. The minimum atomic E-state index is -0.161. The maximum Gasteiger partial charge on any atom is 0.235 e. The Labute approximate surface area is 140 Å². The van der Waals surface area contributed by atoms with Crippen molar-refractivity contribution in [1.29, 1.82) is 0 Å². The van der Waals surface area contributed by atoms with E-state index in [1.165, 1.54) is 6.92 Å². The largest absolute Gasteiger partial charge is 0.423 e. The number of aryl methyl sites for hydroxylation is 2. The topological polar surface area (TPSA) is 103 Å². The zero-order valence-electron chi connectivity index (χ0n) is 14.7. The van der Waals surface area contributed by atoms with Crippen LogP contribution in [-0.2, 0) is 17.8 Å². The fourth-order valence-electron chi connectivity index (χ4n) is 2.71. The van der Waals surface area contributed by atoms with E-state index in [0.717, 1.165) is 5.69 Å². The van der Waals surface area contributed by atoms with Crippen LogP contribution in [0.2, 0.25) is 0 Å². The monoisotopic (exact) mass is 333 g/mol. The molecule has 2 heterocycles. The standard InChI is InChI=1S/C16H23N5O3/c1-6-14-18-19-15(24-14)8-17-13(23)7-9(2)21-11(4)16(12(5)22)10(3)20-21/h9H,6-8H2,1-5H3,(H,17,23)/t9-/m1/s1. The van der Waals surface area contributed by atoms with Crippen LogP contribution in [0.5, 0.6) is 0 Å². The number of aromatic nitrogens is 4. The molecule has 0 aromatic carbocycles. The van der Waals surface area contributed by atoms with E-state index < -0.39 is 0 Å². The first-order chi connectivity index (χ1) is 11.3. The molecule has 0 saturated carbocycles. The van der Waals surface area contributed by atoms with Crippen LogP contribution in [-0.4, -0.2) is 31.7 Å². The quantitative estimate of drug-likeness (QED) is 0.776. The van der Waals surface area contributed by atoms with Crippen molar-refractivity contribution in [2.24, 2.45) is 0 Å². The number of amides is 1. The summed E-state index contributed by atoms with van der Waals surface area (Å²) < 4.78 is 7.08. The van der Waals surface area contributed by atoms with E-state index in [1.807, 2.05) is 20.8 Å². The SMILES string of the molecule is CCc1nnc(CNC(=O)C[C@@H](C)n2nc(C)c(C(C)=O)c2C)o1. The van der Waals surface area contributed by atoms with Gasteiger partial charge in [0.2, 0.25) is 17.7 Å². The van der Waals surface area contributed by atoms with Gasteiger partial charge in [0, 0.05) is 18.5 Å². The molecule has 2 aromatic rings. The van der Waals surface area contributed by atoms with Gasteiger partial charge in [-0.3, -0.25) is 14.3 Å². The third kappa shape index (κ3) is 3.87. The predicted octanol–water partition coefficient (Wildman–Crippen LogP) is 1.92. The maximum absolute atomic E-state index is 12.1. The van der Waals surface area contributed by atoms with Crippen LogP contribution < -0.4 is 5.32 Å². The molecule has 2 rings (SSSR count). The lowest BCUT2D eigenvalue weighted by Gasteiger charge is -2.14. The van der Waals surface area contributed by atoms with E-state index in [2.05, 4.69) is 20.6 Å². The maximum atomic E-state index is 12.1. The molecule has 0 radical (unpaired) electrons. The zero-order valence-corrected chi connectivity index (χ0v) is 14.7. The molecule has 8 nitrogen and oxygen atoms in total. The summed E-state index contributed by atoms with van der Waals surface area (Å²) in [5, 5.41) is 14.9. The fourth-order valence-corrected chi connectivity index (χ4v) is 2.71. The molecular weight excluding hydrogens is 310 g/mol. The first-order valence-electron chi connectivity index (χ1n) is 7.98. The van der Waals surface area contributed by atoms with Gasteiger partial charge in [-0.1, -0.05) is 6.92 Å². The van der Waals surface area contributed by atoms with Gasteiger partial charge in [0.1, 0.15) is 0 Å². The summed E-state index contributed by atoms with van der Waals surface area (Å²) in [6.07, 6.45) is 0.905. The van der Waals surface area contributed by atoms with E-state index in [1.54, 1.807) is 11.6 Å². The van der Waals surface area contributed by atoms with Gasteiger partial charge in [-0.15, -0.1) is 10.2 Å². The number of hydrogen-bond acceptors (Lipinski definition) is 6. The molecule has 130 valence electrons. The minimum Gasteiger partial charge on any atom is -0.423 e. The van der Waals surface area contributed by atoms with Crippen molar-refractivity contribution < 1.29 is 14.0 Å². The molecule has 0 spiro atoms. The van der Waals surface area contributed by atoms with Crippen LogP contribution in [0.3, 0.4) is 0 Å². The Morgan fingerprint density at radius 2 is 1.92 bits per heavy atom. The number of ketones is 1. The van der Waals surface area contributed by atoms with Gasteiger partial charge < -0.3 is 9.73 Å². The molecule has 1 N–H and O–H groups in total. The van der Waals surface area contributed by atoms with Gasteiger partial charge in [-0.25, -0.2) is 0 Å². The highest BCUT2D eigenvalue weighted by Crippen LogP contribution is 2.19. The molecular formula is C16H23N5O3. The van der Waals surface area contributed by atoms with Gasteiger partial charge in [0.15, 0.2) is 5.78 Å². The molecule has 1 amide bonds. The highest BCUT2D eigenvalue weighted by Gasteiger charge is 2.20. The number of carbonyl (C=O) groups excluding carboxylic acids is 2. The van der Waals surface area contributed by atoms with Crippen molar-refractivity contribution in [1.82, 2.24) is 25.3 Å². The number of hydrogen-bond donors (Lipinski definition) is 1. The Hall–Kier alpha value is -2.51. The molecule has 0 fully saturated rings. The van der Waals surface area contributed by atoms with E-state index in [-0.39, 0.29) is 30.7 Å². The third-order valence-electron chi connectivity index (χ3n) is 3.82. The van der Waals surface area contributed by atoms with Crippen LogP contribution in [0.25, 0.3) is 0 Å². The molecule has 24 heavy (non-hydrogen) atoms. The molecule has 8 heteroatoms. The number of Topliss-reactive ketones (excluding diaryl/α,β-unsaturated/α-hetero) is 1. The van der Waals surface area contributed by atoms with Crippen molar-refractivity contribution >= 4 is 11.7 Å². The molecule has 0 unspecified atom stereocenters. The van der Waals surface area contributed by atoms with Gasteiger partial charge in [0.25, 0.3) is 0 Å². The Morgan fingerprint density at radius 1 is 1.25 bits per heavy atom. The highest BCUT2D eigenvalue weighted by atomic mass is 16.4. The van der Waals surface area contributed by atoms with Crippen LogP contribution in [0.1, 0.15) is 66.8 Å². The number of nitrogens with one attached hydrogen (secondary N) is 1. The van der Waals surface area contributed by atoms with Crippen LogP contribution in [0.4, 0.5) is 0 Å². The van der Waals surface area contributed by atoms with Crippen LogP contribution >= 0.6 is 0 Å². The summed E-state index contributed by atoms with van der Waals surface area (Å²) in [6.45, 7) is 9.18. The van der Waals surface area contributed by atoms with Crippen molar-refractivity contribution in [3.63, 3.8) is 0 Å². The Morgan fingerprint density at radius 3 is 2.46 bits per heavy atom. The zero-order chi connectivity index (χ0) is 17.9. The van der Waals surface area contributed by atoms with Crippen molar-refractivity contribution in [3.8, 4) is 0 Å². The molecule has 2 aromatic heterocycles. The lowest BCUT2D eigenvalue weighted by Crippen LogP contribution is -2.26. The van der Waals surface area contributed by atoms with Crippen molar-refractivity contribution in [2.75, 3.05) is 0 Å². The van der Waals surface area contributed by atoms with Crippen LogP contribution in [0, 0.1) is 13.8 Å². The second-order valence-corrected chi connectivity index (χ2v) is 5.82. The van der Waals surface area contributed by atoms with E-state index >= 15 is 0 Å². The molecule has 0 aliphatic rings. The van der Waals surface area contributed by atoms with Gasteiger partial charge in [-0.05, 0) is 27.7 Å². The van der Waals surface area contributed by atoms with Gasteiger partial charge in [0.05, 0.1) is 23.8 Å². The summed E-state index contributed by atoms with van der Waals surface area (Å²) >= 11 is 0. The third-order valence-corrected chi connectivity index (χ3v) is 3.82. The molecule has 0 saturated heterocycles. The summed E-state index contributed by atoms with van der Waals surface area (Å²) in [5.41, 5.74) is 2.09. The van der Waals surface area contributed by atoms with Crippen molar-refractivity contribution in [3.05, 3.63) is 28.7 Å². The number of rotatable bonds is 7. The number of carbonyl (C=O) groups is 2. The summed E-state index contributed by atoms with van der Waals surface area (Å²) in [6, 6.07) is -0.161. The second-order valence-electron chi connectivity index (χ2n) is 5.82. The average Bonchev–Trinajstić information content (AvgIpc) is 3.09. The molecule has 0 aliphatic carbocycles. The Bertz CT molecular complexity index is 747. The average molecular weight is 333 g/mol. The lowest BCUT2D eigenvalue weighted by atomic mass is 10.1. The predicted molar refractivity (Wildman–Crippen MR) is 86.6 cm³/mol. The smallest absolute Gasteiger partial charge is 0.235 e. The first kappa shape index (κ1) is 17.8. The normalized spacial score (nSPS) is 12.2. The Balaban J connectivity index is 1.96. The Kier molecular flexibility index (Phi) is 5.48. The lowest BCUT2D eigenvalue weighted by molar-refractivity contribution is -0.122. The van der Waals surface area contributed by atoms with Crippen molar-refractivity contribution in [2.45, 2.75) is 60.0 Å².